The van der Waals surface area contributed by atoms with Crippen LogP contribution in [0.4, 0.5) is 0 Å². The van der Waals surface area contributed by atoms with E-state index >= 15 is 0 Å². The summed E-state index contributed by atoms with van der Waals surface area (Å²) >= 11 is 3.17. The molecule has 0 aromatic carbocycles. The zero-order chi connectivity index (χ0) is 10.3. The summed E-state index contributed by atoms with van der Waals surface area (Å²) < 4.78 is 0.779. The molecule has 0 saturated carbocycles. The van der Waals surface area contributed by atoms with Crippen molar-refractivity contribution in [2.75, 3.05) is 13.1 Å². The Kier molecular flexibility index (Phi) is 6.90. The minimum atomic E-state index is 0.0397. The summed E-state index contributed by atoms with van der Waals surface area (Å²) in [7, 11) is 0. The Labute approximate surface area is 87.9 Å². The Morgan fingerprint density at radius 2 is 2.31 bits per heavy atom. The second-order valence-electron chi connectivity index (χ2n) is 3.01. The molecule has 1 atom stereocenters. The lowest BCUT2D eigenvalue weighted by molar-refractivity contribution is -0.121. The highest BCUT2D eigenvalue weighted by Crippen LogP contribution is 2.05. The smallest absolute Gasteiger partial charge is 0.220 e. The second kappa shape index (κ2) is 7.09. The fourth-order valence-corrected chi connectivity index (χ4v) is 1.06. The molecule has 1 amide bonds. The number of nitrogens with one attached hydrogen (secondary N) is 1. The van der Waals surface area contributed by atoms with Crippen molar-refractivity contribution >= 4 is 21.8 Å². The standard InChI is InChI=1S/C9H17BrN2O/c1-3-8(5-11)4-9(13)12-6-7(2)10/h8H,2-6,11H2,1H3,(H,12,13). The van der Waals surface area contributed by atoms with Gasteiger partial charge in [-0.3, -0.25) is 4.79 Å². The summed E-state index contributed by atoms with van der Waals surface area (Å²) in [5.41, 5.74) is 5.48. The molecular formula is C9H17BrN2O. The Balaban J connectivity index is 3.66. The molecule has 0 rings (SSSR count). The molecule has 0 radical (unpaired) electrons. The summed E-state index contributed by atoms with van der Waals surface area (Å²) in [5, 5.41) is 2.74. The van der Waals surface area contributed by atoms with Crippen molar-refractivity contribution in [1.29, 1.82) is 0 Å². The van der Waals surface area contributed by atoms with Crippen molar-refractivity contribution in [2.24, 2.45) is 11.7 Å². The first-order valence-electron chi connectivity index (χ1n) is 4.40. The highest BCUT2D eigenvalue weighted by molar-refractivity contribution is 9.11. The molecule has 13 heavy (non-hydrogen) atoms. The molecule has 0 aromatic heterocycles. The number of amides is 1. The van der Waals surface area contributed by atoms with Gasteiger partial charge >= 0.3 is 0 Å². The van der Waals surface area contributed by atoms with Gasteiger partial charge in [-0.15, -0.1) is 0 Å². The molecule has 0 spiro atoms. The number of carbonyl (C=O) groups excluding carboxylic acids is 1. The average molecular weight is 249 g/mol. The third-order valence-electron chi connectivity index (χ3n) is 1.86. The number of nitrogens with two attached hydrogens (primary N) is 1. The van der Waals surface area contributed by atoms with E-state index in [2.05, 4.69) is 27.8 Å². The zero-order valence-electron chi connectivity index (χ0n) is 7.98. The number of carbonyl (C=O) groups is 1. The van der Waals surface area contributed by atoms with E-state index in [-0.39, 0.29) is 5.91 Å². The normalized spacial score (nSPS) is 12.2. The average Bonchev–Trinajstić information content (AvgIpc) is 2.10. The lowest BCUT2D eigenvalue weighted by atomic mass is 10.0. The van der Waals surface area contributed by atoms with Crippen molar-refractivity contribution in [1.82, 2.24) is 5.32 Å². The monoisotopic (exact) mass is 248 g/mol. The molecule has 1 unspecified atom stereocenters. The predicted molar refractivity (Wildman–Crippen MR) is 58.5 cm³/mol. The van der Waals surface area contributed by atoms with Crippen molar-refractivity contribution in [2.45, 2.75) is 19.8 Å². The van der Waals surface area contributed by atoms with E-state index in [1.54, 1.807) is 0 Å². The maximum Gasteiger partial charge on any atom is 0.220 e. The van der Waals surface area contributed by atoms with Crippen LogP contribution in [0.15, 0.2) is 11.1 Å². The van der Waals surface area contributed by atoms with Crippen LogP contribution in [0.3, 0.4) is 0 Å². The number of halogens is 1. The Bertz CT molecular complexity index is 178. The van der Waals surface area contributed by atoms with Crippen molar-refractivity contribution in [3.63, 3.8) is 0 Å². The van der Waals surface area contributed by atoms with Gasteiger partial charge in [0.15, 0.2) is 0 Å². The highest BCUT2D eigenvalue weighted by atomic mass is 79.9. The molecule has 3 N–H and O–H groups in total. The summed E-state index contributed by atoms with van der Waals surface area (Å²) in [6, 6.07) is 0. The molecule has 0 fully saturated rings. The van der Waals surface area contributed by atoms with Gasteiger partial charge in [-0.05, 0) is 12.5 Å². The molecular weight excluding hydrogens is 232 g/mol. The first kappa shape index (κ1) is 12.7. The van der Waals surface area contributed by atoms with E-state index in [4.69, 9.17) is 5.73 Å². The van der Waals surface area contributed by atoms with Crippen LogP contribution in [0.25, 0.3) is 0 Å². The molecule has 4 heteroatoms. The summed E-state index contributed by atoms with van der Waals surface area (Å²) in [6.07, 6.45) is 1.45. The van der Waals surface area contributed by atoms with Crippen LogP contribution in [0, 0.1) is 5.92 Å². The van der Waals surface area contributed by atoms with Crippen LogP contribution in [-0.4, -0.2) is 19.0 Å². The van der Waals surface area contributed by atoms with Gasteiger partial charge in [0.05, 0.1) is 0 Å². The predicted octanol–water partition coefficient (Wildman–Crippen LogP) is 1.39. The fourth-order valence-electron chi connectivity index (χ4n) is 0.923. The van der Waals surface area contributed by atoms with Gasteiger partial charge in [-0.2, -0.15) is 0 Å². The Morgan fingerprint density at radius 1 is 1.69 bits per heavy atom. The minimum Gasteiger partial charge on any atom is -0.352 e. The van der Waals surface area contributed by atoms with Crippen molar-refractivity contribution in [3.8, 4) is 0 Å². The molecule has 0 aliphatic heterocycles. The number of hydrogen-bond donors (Lipinski definition) is 2. The molecule has 0 heterocycles. The van der Waals surface area contributed by atoms with E-state index in [1.165, 1.54) is 0 Å². The van der Waals surface area contributed by atoms with Gasteiger partial charge in [-0.1, -0.05) is 35.9 Å². The minimum absolute atomic E-state index is 0.0397. The third-order valence-corrected chi connectivity index (χ3v) is 2.14. The quantitative estimate of drug-likeness (QED) is 0.747. The summed E-state index contributed by atoms with van der Waals surface area (Å²) in [6.45, 7) is 6.71. The van der Waals surface area contributed by atoms with E-state index < -0.39 is 0 Å². The van der Waals surface area contributed by atoms with E-state index in [0.29, 0.717) is 25.4 Å². The van der Waals surface area contributed by atoms with Crippen LogP contribution < -0.4 is 11.1 Å². The van der Waals surface area contributed by atoms with E-state index in [0.717, 1.165) is 10.9 Å². The van der Waals surface area contributed by atoms with Crippen LogP contribution in [0.5, 0.6) is 0 Å². The molecule has 0 aliphatic carbocycles. The van der Waals surface area contributed by atoms with Gasteiger partial charge in [-0.25, -0.2) is 0 Å². The Morgan fingerprint density at radius 3 is 2.69 bits per heavy atom. The van der Waals surface area contributed by atoms with E-state index in [1.807, 2.05) is 6.92 Å². The van der Waals surface area contributed by atoms with Crippen LogP contribution in [0.1, 0.15) is 19.8 Å². The van der Waals surface area contributed by atoms with Gasteiger partial charge in [0.1, 0.15) is 0 Å². The van der Waals surface area contributed by atoms with Crippen LogP contribution >= 0.6 is 15.9 Å². The Hall–Kier alpha value is -0.350. The van der Waals surface area contributed by atoms with Gasteiger partial charge in [0, 0.05) is 17.4 Å². The first-order chi connectivity index (χ1) is 6.10. The second-order valence-corrected chi connectivity index (χ2v) is 4.13. The molecule has 0 aromatic rings. The lowest BCUT2D eigenvalue weighted by Gasteiger charge is -2.11. The van der Waals surface area contributed by atoms with Gasteiger partial charge in [0.25, 0.3) is 0 Å². The summed E-state index contributed by atoms with van der Waals surface area (Å²) in [5.74, 6) is 0.335. The van der Waals surface area contributed by atoms with Gasteiger partial charge in [0.2, 0.25) is 5.91 Å². The number of rotatable bonds is 6. The number of hydrogen-bond acceptors (Lipinski definition) is 2. The first-order valence-corrected chi connectivity index (χ1v) is 5.19. The SMILES string of the molecule is C=C(Br)CNC(=O)CC(CC)CN. The maximum atomic E-state index is 11.2. The van der Waals surface area contributed by atoms with Crippen LogP contribution in [-0.2, 0) is 4.79 Å². The largest absolute Gasteiger partial charge is 0.352 e. The van der Waals surface area contributed by atoms with E-state index in [9.17, 15) is 4.79 Å². The van der Waals surface area contributed by atoms with Crippen molar-refractivity contribution in [3.05, 3.63) is 11.1 Å². The third kappa shape index (κ3) is 6.78. The molecule has 76 valence electrons. The fraction of sp³-hybridized carbons (Fsp3) is 0.667. The molecule has 0 saturated heterocycles. The molecule has 0 aliphatic rings. The topological polar surface area (TPSA) is 55.1 Å². The van der Waals surface area contributed by atoms with Crippen molar-refractivity contribution < 1.29 is 4.79 Å². The van der Waals surface area contributed by atoms with Crippen LogP contribution in [0.2, 0.25) is 0 Å². The molecule has 3 nitrogen and oxygen atoms in total. The lowest BCUT2D eigenvalue weighted by Crippen LogP contribution is -2.28. The maximum absolute atomic E-state index is 11.2. The zero-order valence-corrected chi connectivity index (χ0v) is 9.56. The highest BCUT2D eigenvalue weighted by Gasteiger charge is 2.09. The van der Waals surface area contributed by atoms with Gasteiger partial charge < -0.3 is 11.1 Å². The molecule has 0 bridgehead atoms. The summed E-state index contributed by atoms with van der Waals surface area (Å²) in [4.78, 5) is 11.2.